The lowest BCUT2D eigenvalue weighted by Gasteiger charge is -2.23. The molecule has 0 aliphatic rings. The molecule has 0 saturated heterocycles. The molecular weight excluding hydrogens is 234 g/mol. The van der Waals surface area contributed by atoms with Crippen molar-refractivity contribution in [2.75, 3.05) is 21.3 Å². The maximum Gasteiger partial charge on any atom is 0.295 e. The van der Waals surface area contributed by atoms with E-state index in [1.165, 1.54) is 20.4 Å². The second-order valence-corrected chi connectivity index (χ2v) is 3.33. The molecule has 3 N–H and O–H groups in total. The van der Waals surface area contributed by atoms with Crippen LogP contribution in [0.3, 0.4) is 0 Å². The maximum absolute atomic E-state index is 5.16. The number of aliphatic imine (C=N–C) groups is 2. The van der Waals surface area contributed by atoms with Crippen molar-refractivity contribution in [3.8, 4) is 0 Å². The van der Waals surface area contributed by atoms with Crippen molar-refractivity contribution < 1.29 is 9.47 Å². The molecule has 0 heterocycles. The second-order valence-electron chi connectivity index (χ2n) is 3.33. The molecule has 1 atom stereocenters. The Bertz CT molecular complexity index is 338. The fourth-order valence-corrected chi connectivity index (χ4v) is 0.955. The van der Waals surface area contributed by atoms with Crippen LogP contribution in [-0.2, 0) is 9.47 Å². The van der Waals surface area contributed by atoms with E-state index < -0.39 is 0 Å². The SMILES string of the molecule is C=C(/N=C(/OC)N(C)C(C)/C=N\C=C/NN)OC. The Hall–Kier alpha value is -2.02. The number of hydrazine groups is 1. The van der Waals surface area contributed by atoms with Crippen molar-refractivity contribution in [2.24, 2.45) is 15.8 Å². The van der Waals surface area contributed by atoms with Gasteiger partial charge in [0.05, 0.1) is 20.3 Å². The third-order valence-electron chi connectivity index (χ3n) is 2.11. The molecule has 1 unspecified atom stereocenters. The number of rotatable bonds is 6. The van der Waals surface area contributed by atoms with Crippen molar-refractivity contribution >= 4 is 12.2 Å². The highest BCUT2D eigenvalue weighted by Crippen LogP contribution is 2.01. The predicted octanol–water partition coefficient (Wildman–Crippen LogP) is 0.432. The second kappa shape index (κ2) is 9.06. The van der Waals surface area contributed by atoms with Crippen molar-refractivity contribution in [3.63, 3.8) is 0 Å². The van der Waals surface area contributed by atoms with Crippen molar-refractivity contribution in [1.29, 1.82) is 0 Å². The molecule has 0 aliphatic heterocycles. The van der Waals surface area contributed by atoms with E-state index in [-0.39, 0.29) is 11.9 Å². The maximum atomic E-state index is 5.16. The third-order valence-corrected chi connectivity index (χ3v) is 2.11. The van der Waals surface area contributed by atoms with E-state index in [0.29, 0.717) is 6.02 Å². The Balaban J connectivity index is 4.63. The van der Waals surface area contributed by atoms with Crippen LogP contribution in [0.4, 0.5) is 0 Å². The monoisotopic (exact) mass is 255 g/mol. The standard InChI is InChI=1S/C11H21N5O2/c1-9(8-13-6-7-14-12)16(3)11(18-5)15-10(2)17-4/h6-9,14H,2,12H2,1,3-5H3/b7-6-,13-8-,15-11+. The predicted molar refractivity (Wildman–Crippen MR) is 72.8 cm³/mol. The van der Waals surface area contributed by atoms with E-state index in [0.717, 1.165) is 0 Å². The van der Waals surface area contributed by atoms with Gasteiger partial charge in [-0.3, -0.25) is 10.8 Å². The first-order chi connectivity index (χ1) is 8.56. The molecule has 0 spiro atoms. The average Bonchev–Trinajstić information content (AvgIpc) is 2.39. The van der Waals surface area contributed by atoms with Crippen LogP contribution in [0.5, 0.6) is 0 Å². The lowest BCUT2D eigenvalue weighted by molar-refractivity contribution is 0.268. The molecule has 102 valence electrons. The van der Waals surface area contributed by atoms with Gasteiger partial charge in [-0.05, 0) is 13.5 Å². The van der Waals surface area contributed by atoms with Gasteiger partial charge in [-0.1, -0.05) is 0 Å². The van der Waals surface area contributed by atoms with Crippen LogP contribution in [0.25, 0.3) is 0 Å². The Morgan fingerprint density at radius 3 is 2.61 bits per heavy atom. The summed E-state index contributed by atoms with van der Waals surface area (Å²) in [7, 11) is 4.85. The van der Waals surface area contributed by atoms with Crippen LogP contribution < -0.4 is 11.3 Å². The topological polar surface area (TPSA) is 84.5 Å². The zero-order chi connectivity index (χ0) is 14.0. The first kappa shape index (κ1) is 16.0. The number of ether oxygens (including phenoxy) is 2. The summed E-state index contributed by atoms with van der Waals surface area (Å²) in [5.41, 5.74) is 2.35. The molecule has 0 fully saturated rings. The summed E-state index contributed by atoms with van der Waals surface area (Å²) in [6.07, 6.45) is 4.78. The summed E-state index contributed by atoms with van der Waals surface area (Å²) >= 11 is 0. The highest BCUT2D eigenvalue weighted by Gasteiger charge is 2.12. The van der Waals surface area contributed by atoms with E-state index in [1.807, 2.05) is 14.0 Å². The smallest absolute Gasteiger partial charge is 0.295 e. The molecule has 18 heavy (non-hydrogen) atoms. The van der Waals surface area contributed by atoms with Gasteiger partial charge in [-0.2, -0.15) is 4.99 Å². The Morgan fingerprint density at radius 2 is 2.11 bits per heavy atom. The van der Waals surface area contributed by atoms with E-state index in [2.05, 4.69) is 22.0 Å². The zero-order valence-electron chi connectivity index (χ0n) is 11.3. The summed E-state index contributed by atoms with van der Waals surface area (Å²) in [6.45, 7) is 5.55. The van der Waals surface area contributed by atoms with Crippen LogP contribution in [0, 0.1) is 0 Å². The van der Waals surface area contributed by atoms with Crippen molar-refractivity contribution in [3.05, 3.63) is 24.9 Å². The fourth-order valence-electron chi connectivity index (χ4n) is 0.955. The van der Waals surface area contributed by atoms with Gasteiger partial charge < -0.3 is 19.8 Å². The highest BCUT2D eigenvalue weighted by molar-refractivity contribution is 5.79. The molecule has 0 amide bonds. The van der Waals surface area contributed by atoms with Gasteiger partial charge in [0.25, 0.3) is 6.02 Å². The Morgan fingerprint density at radius 1 is 1.44 bits per heavy atom. The minimum Gasteiger partial charge on any atom is -0.481 e. The number of amidine groups is 1. The summed E-state index contributed by atoms with van der Waals surface area (Å²) < 4.78 is 10.0. The van der Waals surface area contributed by atoms with Gasteiger partial charge >= 0.3 is 0 Å². The van der Waals surface area contributed by atoms with Gasteiger partial charge in [0.15, 0.2) is 0 Å². The molecule has 0 saturated carbocycles. The minimum atomic E-state index is -0.0178. The zero-order valence-corrected chi connectivity index (χ0v) is 11.3. The molecule has 0 aliphatic carbocycles. The van der Waals surface area contributed by atoms with Crippen molar-refractivity contribution in [1.82, 2.24) is 10.3 Å². The van der Waals surface area contributed by atoms with E-state index in [4.69, 9.17) is 15.3 Å². The summed E-state index contributed by atoms with van der Waals surface area (Å²) in [4.78, 5) is 9.90. The first-order valence-electron chi connectivity index (χ1n) is 5.29. The Kier molecular flexibility index (Phi) is 8.04. The molecule has 7 nitrogen and oxygen atoms in total. The van der Waals surface area contributed by atoms with Crippen LogP contribution in [0.1, 0.15) is 6.92 Å². The summed E-state index contributed by atoms with van der Waals surface area (Å²) in [5.74, 6) is 5.33. The molecule has 7 heteroatoms. The normalized spacial score (nSPS) is 13.7. The van der Waals surface area contributed by atoms with Crippen LogP contribution in [0.2, 0.25) is 0 Å². The lowest BCUT2D eigenvalue weighted by atomic mass is 10.3. The third kappa shape index (κ3) is 5.90. The van der Waals surface area contributed by atoms with Gasteiger partial charge in [0, 0.05) is 25.7 Å². The van der Waals surface area contributed by atoms with Crippen molar-refractivity contribution in [2.45, 2.75) is 13.0 Å². The van der Waals surface area contributed by atoms with E-state index in [1.54, 1.807) is 17.3 Å². The molecule has 0 radical (unpaired) electrons. The number of methoxy groups -OCH3 is 2. The first-order valence-corrected chi connectivity index (χ1v) is 5.29. The minimum absolute atomic E-state index is 0.0178. The number of nitrogens with one attached hydrogen (secondary N) is 1. The highest BCUT2D eigenvalue weighted by atomic mass is 16.5. The van der Waals surface area contributed by atoms with E-state index in [9.17, 15) is 0 Å². The quantitative estimate of drug-likeness (QED) is 0.236. The largest absolute Gasteiger partial charge is 0.481 e. The molecule has 0 aromatic carbocycles. The number of nitrogens with zero attached hydrogens (tertiary/aromatic N) is 3. The molecule has 0 bridgehead atoms. The average molecular weight is 255 g/mol. The van der Waals surface area contributed by atoms with Gasteiger partial charge in [-0.15, -0.1) is 0 Å². The molecular formula is C11H21N5O2. The summed E-state index contributed by atoms with van der Waals surface area (Å²) in [6, 6.07) is 0.373. The number of hydrogen-bond acceptors (Lipinski definition) is 6. The Labute approximate surface area is 108 Å². The fraction of sp³-hybridized carbons (Fsp3) is 0.455. The van der Waals surface area contributed by atoms with Crippen LogP contribution >= 0.6 is 0 Å². The van der Waals surface area contributed by atoms with E-state index >= 15 is 0 Å². The van der Waals surface area contributed by atoms with Gasteiger partial charge in [0.1, 0.15) is 0 Å². The number of nitrogens with two attached hydrogens (primary N) is 1. The summed E-state index contributed by atoms with van der Waals surface area (Å²) in [5, 5.41) is 0. The van der Waals surface area contributed by atoms with Crippen LogP contribution in [0.15, 0.2) is 34.8 Å². The van der Waals surface area contributed by atoms with Gasteiger partial charge in [-0.25, -0.2) is 0 Å². The molecule has 0 aromatic heterocycles. The number of hydrogen-bond donors (Lipinski definition) is 2. The molecule has 0 aromatic rings. The van der Waals surface area contributed by atoms with Gasteiger partial charge in [0.2, 0.25) is 5.88 Å². The molecule has 0 rings (SSSR count). The lowest BCUT2D eigenvalue weighted by Crippen LogP contribution is -2.37. The van der Waals surface area contributed by atoms with Crippen LogP contribution in [-0.4, -0.2) is 44.4 Å².